The van der Waals surface area contributed by atoms with E-state index in [4.69, 9.17) is 0 Å². The fraction of sp³-hybridized carbons (Fsp3) is 0. The molecule has 9 aromatic carbocycles. The standard InChI is InChI=1S/C54H36N2S/c1-4-15-37(16-5-1)39-27-30-42(31-28-39)55(43-32-33-45-44-21-10-12-25-50(44)56(52(45)36-43)41-19-8-3-9-20-41)51-34-29-40(38-17-6-2-7-18-38)35-49(51)48-24-14-23-47-46-22-11-13-26-53(46)57-54(47)48/h1-36H. The Morgan fingerprint density at radius 3 is 1.70 bits per heavy atom. The van der Waals surface area contributed by atoms with Crippen LogP contribution in [-0.4, -0.2) is 4.57 Å². The van der Waals surface area contributed by atoms with E-state index in [1.807, 2.05) is 11.3 Å². The molecule has 11 rings (SSSR count). The van der Waals surface area contributed by atoms with E-state index in [9.17, 15) is 0 Å². The van der Waals surface area contributed by atoms with Gasteiger partial charge in [-0.3, -0.25) is 0 Å². The topological polar surface area (TPSA) is 8.17 Å². The minimum Gasteiger partial charge on any atom is -0.310 e. The summed E-state index contributed by atoms with van der Waals surface area (Å²) in [6.07, 6.45) is 0. The van der Waals surface area contributed by atoms with Gasteiger partial charge in [0.15, 0.2) is 0 Å². The van der Waals surface area contributed by atoms with Crippen molar-refractivity contribution in [3.05, 3.63) is 218 Å². The van der Waals surface area contributed by atoms with Crippen LogP contribution in [0.25, 0.3) is 81.0 Å². The second-order valence-electron chi connectivity index (χ2n) is 14.5. The molecule has 268 valence electrons. The molecule has 2 heterocycles. The molecule has 0 fully saturated rings. The van der Waals surface area contributed by atoms with Crippen molar-refractivity contribution >= 4 is 70.4 Å². The van der Waals surface area contributed by atoms with Gasteiger partial charge in [0.25, 0.3) is 0 Å². The van der Waals surface area contributed by atoms with E-state index in [1.54, 1.807) is 0 Å². The lowest BCUT2D eigenvalue weighted by atomic mass is 9.95. The Morgan fingerprint density at radius 1 is 0.351 bits per heavy atom. The highest BCUT2D eigenvalue weighted by molar-refractivity contribution is 7.26. The van der Waals surface area contributed by atoms with Gasteiger partial charge in [0.1, 0.15) is 0 Å². The second-order valence-corrected chi connectivity index (χ2v) is 15.6. The van der Waals surface area contributed by atoms with Crippen LogP contribution in [0.2, 0.25) is 0 Å². The van der Waals surface area contributed by atoms with Gasteiger partial charge in [-0.1, -0.05) is 158 Å². The van der Waals surface area contributed by atoms with E-state index in [0.717, 1.165) is 22.7 Å². The molecule has 0 amide bonds. The summed E-state index contributed by atoms with van der Waals surface area (Å²) in [7, 11) is 0. The van der Waals surface area contributed by atoms with Crippen LogP contribution < -0.4 is 4.90 Å². The molecule has 0 saturated carbocycles. The van der Waals surface area contributed by atoms with E-state index in [0.29, 0.717) is 0 Å². The van der Waals surface area contributed by atoms with Crippen LogP contribution in [0.3, 0.4) is 0 Å². The van der Waals surface area contributed by atoms with Crippen LogP contribution >= 0.6 is 11.3 Å². The summed E-state index contributed by atoms with van der Waals surface area (Å²) in [5.41, 5.74) is 14.0. The Balaban J connectivity index is 1.20. The van der Waals surface area contributed by atoms with Crippen LogP contribution in [0.15, 0.2) is 218 Å². The first kappa shape index (κ1) is 33.2. The van der Waals surface area contributed by atoms with E-state index >= 15 is 0 Å². The molecule has 0 N–H and O–H groups in total. The van der Waals surface area contributed by atoms with Gasteiger partial charge in [0.2, 0.25) is 0 Å². The zero-order valence-corrected chi connectivity index (χ0v) is 31.9. The number of para-hydroxylation sites is 2. The fourth-order valence-electron chi connectivity index (χ4n) is 8.53. The molecule has 57 heavy (non-hydrogen) atoms. The Kier molecular flexibility index (Phi) is 8.04. The van der Waals surface area contributed by atoms with Crippen LogP contribution in [0.5, 0.6) is 0 Å². The number of thiophene rings is 1. The van der Waals surface area contributed by atoms with Gasteiger partial charge in [0, 0.05) is 59.1 Å². The number of benzene rings is 9. The minimum atomic E-state index is 1.09. The summed E-state index contributed by atoms with van der Waals surface area (Å²) in [6.45, 7) is 0. The molecule has 0 radical (unpaired) electrons. The van der Waals surface area contributed by atoms with Crippen molar-refractivity contribution in [3.63, 3.8) is 0 Å². The van der Waals surface area contributed by atoms with Crippen LogP contribution in [0.1, 0.15) is 0 Å². The lowest BCUT2D eigenvalue weighted by Gasteiger charge is -2.29. The quantitative estimate of drug-likeness (QED) is 0.158. The summed E-state index contributed by atoms with van der Waals surface area (Å²) >= 11 is 1.88. The molecular weight excluding hydrogens is 709 g/mol. The summed E-state index contributed by atoms with van der Waals surface area (Å²) in [4.78, 5) is 2.46. The van der Waals surface area contributed by atoms with Gasteiger partial charge < -0.3 is 9.47 Å². The van der Waals surface area contributed by atoms with Crippen molar-refractivity contribution in [1.29, 1.82) is 0 Å². The normalized spacial score (nSPS) is 11.5. The number of hydrogen-bond donors (Lipinski definition) is 0. The SMILES string of the molecule is c1ccc(-c2ccc(N(c3ccc4c5ccccc5n(-c5ccccc5)c4c3)c3ccc(-c4ccccc4)cc3-c3cccc4c3sc3ccccc34)cc2)cc1. The van der Waals surface area contributed by atoms with Crippen LogP contribution in [-0.2, 0) is 0 Å². The Labute approximate surface area is 335 Å². The molecule has 0 unspecified atom stereocenters. The lowest BCUT2D eigenvalue weighted by molar-refractivity contribution is 1.18. The summed E-state index contributed by atoms with van der Waals surface area (Å²) in [5, 5.41) is 5.06. The molecule has 0 aliphatic heterocycles. The van der Waals surface area contributed by atoms with Gasteiger partial charge in [-0.05, 0) is 82.9 Å². The number of nitrogens with zero attached hydrogens (tertiary/aromatic N) is 2. The highest BCUT2D eigenvalue weighted by atomic mass is 32.1. The van der Waals surface area contributed by atoms with Gasteiger partial charge in [-0.15, -0.1) is 11.3 Å². The molecule has 11 aromatic rings. The van der Waals surface area contributed by atoms with Gasteiger partial charge in [-0.2, -0.15) is 0 Å². The van der Waals surface area contributed by atoms with E-state index in [2.05, 4.69) is 228 Å². The van der Waals surface area contributed by atoms with E-state index in [-0.39, 0.29) is 0 Å². The third kappa shape index (κ3) is 5.71. The summed E-state index contributed by atoms with van der Waals surface area (Å²) < 4.78 is 5.00. The monoisotopic (exact) mass is 744 g/mol. The van der Waals surface area contributed by atoms with Gasteiger partial charge >= 0.3 is 0 Å². The molecule has 0 aliphatic rings. The smallest absolute Gasteiger partial charge is 0.0561 e. The minimum absolute atomic E-state index is 1.09. The zero-order chi connectivity index (χ0) is 37.7. The Morgan fingerprint density at radius 2 is 0.930 bits per heavy atom. The summed E-state index contributed by atoms with van der Waals surface area (Å²) in [6, 6.07) is 79.5. The maximum absolute atomic E-state index is 2.46. The number of fused-ring (bicyclic) bond motifs is 6. The number of hydrogen-bond acceptors (Lipinski definition) is 2. The molecule has 0 spiro atoms. The molecule has 2 nitrogen and oxygen atoms in total. The highest BCUT2D eigenvalue weighted by Gasteiger charge is 2.22. The number of rotatable bonds is 7. The van der Waals surface area contributed by atoms with Crippen LogP contribution in [0.4, 0.5) is 17.1 Å². The summed E-state index contributed by atoms with van der Waals surface area (Å²) in [5.74, 6) is 0. The van der Waals surface area contributed by atoms with E-state index < -0.39 is 0 Å². The van der Waals surface area contributed by atoms with E-state index in [1.165, 1.54) is 75.4 Å². The number of anilines is 3. The fourth-order valence-corrected chi connectivity index (χ4v) is 9.76. The average Bonchev–Trinajstić information content (AvgIpc) is 3.83. The molecule has 0 aliphatic carbocycles. The van der Waals surface area contributed by atoms with Crippen molar-refractivity contribution in [2.24, 2.45) is 0 Å². The largest absolute Gasteiger partial charge is 0.310 e. The maximum Gasteiger partial charge on any atom is 0.0561 e. The first-order chi connectivity index (χ1) is 28.3. The van der Waals surface area contributed by atoms with Gasteiger partial charge in [0.05, 0.1) is 16.7 Å². The maximum atomic E-state index is 2.46. The molecule has 0 saturated heterocycles. The highest BCUT2D eigenvalue weighted by Crippen LogP contribution is 2.48. The molecule has 2 aromatic heterocycles. The van der Waals surface area contributed by atoms with Gasteiger partial charge in [-0.25, -0.2) is 0 Å². The lowest BCUT2D eigenvalue weighted by Crippen LogP contribution is -2.11. The third-order valence-corrected chi connectivity index (χ3v) is 12.4. The van der Waals surface area contributed by atoms with Crippen molar-refractivity contribution in [1.82, 2.24) is 4.57 Å². The average molecular weight is 745 g/mol. The first-order valence-electron chi connectivity index (χ1n) is 19.4. The van der Waals surface area contributed by atoms with Crippen LogP contribution in [0, 0.1) is 0 Å². The van der Waals surface area contributed by atoms with Crippen molar-refractivity contribution in [3.8, 4) is 39.1 Å². The molecule has 0 bridgehead atoms. The zero-order valence-electron chi connectivity index (χ0n) is 31.1. The van der Waals surface area contributed by atoms with Crippen molar-refractivity contribution < 1.29 is 0 Å². The molecular formula is C54H36N2S. The van der Waals surface area contributed by atoms with Crippen molar-refractivity contribution in [2.45, 2.75) is 0 Å². The molecule has 0 atom stereocenters. The Bertz CT molecular complexity index is 3220. The predicted octanol–water partition coefficient (Wildman–Crippen LogP) is 15.6. The van der Waals surface area contributed by atoms with Crippen molar-refractivity contribution in [2.75, 3.05) is 4.90 Å². The molecule has 3 heteroatoms. The second kappa shape index (κ2) is 13.8. The predicted molar refractivity (Wildman–Crippen MR) is 245 cm³/mol. The Hall–Kier alpha value is -7.20. The third-order valence-electron chi connectivity index (χ3n) is 11.2. The first-order valence-corrected chi connectivity index (χ1v) is 20.2. The number of aromatic nitrogens is 1.